The molecule has 0 spiro atoms. The Hall–Kier alpha value is -2.64. The van der Waals surface area contributed by atoms with Gasteiger partial charge < -0.3 is 0 Å². The third-order valence-electron chi connectivity index (χ3n) is 3.30. The van der Waals surface area contributed by atoms with E-state index in [1.807, 2.05) is 37.3 Å². The Morgan fingerprint density at radius 1 is 1.18 bits per heavy atom. The average molecular weight is 312 g/mol. The van der Waals surface area contributed by atoms with E-state index in [-0.39, 0.29) is 16.5 Å². The van der Waals surface area contributed by atoms with Gasteiger partial charge >= 0.3 is 0 Å². The first kappa shape index (κ1) is 14.3. The monoisotopic (exact) mass is 311 g/mol. The zero-order valence-corrected chi connectivity index (χ0v) is 12.5. The quantitative estimate of drug-likeness (QED) is 0.698. The molecule has 0 N–H and O–H groups in total. The van der Waals surface area contributed by atoms with Gasteiger partial charge in [-0.15, -0.1) is 0 Å². The summed E-state index contributed by atoms with van der Waals surface area (Å²) >= 11 is 6.29. The molecule has 0 amide bonds. The number of nitrogens with zero attached hydrogens (tertiary/aromatic N) is 3. The standard InChI is InChI=1S/C17H11ClFN3/c1-11-3-2-4-14(9-11)22-17(16(18)15(10-20)21-22)12-5-7-13(19)8-6-12/h2-9H,1H3. The van der Waals surface area contributed by atoms with Crippen LogP contribution in [0.4, 0.5) is 4.39 Å². The lowest BCUT2D eigenvalue weighted by Gasteiger charge is -2.09. The molecule has 5 heteroatoms. The Balaban J connectivity index is 2.27. The maximum atomic E-state index is 13.1. The van der Waals surface area contributed by atoms with Crippen molar-refractivity contribution in [2.45, 2.75) is 6.92 Å². The van der Waals surface area contributed by atoms with Gasteiger partial charge in [-0.1, -0.05) is 23.7 Å². The van der Waals surface area contributed by atoms with Crippen LogP contribution in [0.3, 0.4) is 0 Å². The van der Waals surface area contributed by atoms with Gasteiger partial charge in [-0.25, -0.2) is 9.07 Å². The van der Waals surface area contributed by atoms with Crippen LogP contribution in [0.1, 0.15) is 11.3 Å². The molecule has 0 unspecified atom stereocenters. The Morgan fingerprint density at radius 2 is 1.91 bits per heavy atom. The van der Waals surface area contributed by atoms with E-state index in [1.54, 1.807) is 16.8 Å². The lowest BCUT2D eigenvalue weighted by atomic mass is 10.1. The molecule has 2 aromatic carbocycles. The minimum absolute atomic E-state index is 0.141. The molecule has 0 radical (unpaired) electrons. The van der Waals surface area contributed by atoms with Gasteiger partial charge in [-0.05, 0) is 48.9 Å². The number of halogens is 2. The number of nitriles is 1. The number of hydrogen-bond acceptors (Lipinski definition) is 2. The van der Waals surface area contributed by atoms with Gasteiger partial charge in [-0.3, -0.25) is 0 Å². The van der Waals surface area contributed by atoms with E-state index in [0.29, 0.717) is 11.3 Å². The van der Waals surface area contributed by atoms with Gasteiger partial charge in [-0.2, -0.15) is 10.4 Å². The van der Waals surface area contributed by atoms with Crippen molar-refractivity contribution in [2.75, 3.05) is 0 Å². The first-order valence-corrected chi connectivity index (χ1v) is 6.99. The number of aryl methyl sites for hydroxylation is 1. The summed E-state index contributed by atoms with van der Waals surface area (Å²) in [4.78, 5) is 0. The van der Waals surface area contributed by atoms with Crippen LogP contribution >= 0.6 is 11.6 Å². The molecule has 108 valence electrons. The highest BCUT2D eigenvalue weighted by molar-refractivity contribution is 6.34. The van der Waals surface area contributed by atoms with Gasteiger partial charge in [0.15, 0.2) is 5.69 Å². The predicted molar refractivity (Wildman–Crippen MR) is 83.4 cm³/mol. The fourth-order valence-corrected chi connectivity index (χ4v) is 2.54. The van der Waals surface area contributed by atoms with E-state index < -0.39 is 0 Å². The van der Waals surface area contributed by atoms with Crippen molar-refractivity contribution >= 4 is 11.6 Å². The Bertz CT molecular complexity index is 876. The van der Waals surface area contributed by atoms with E-state index in [1.165, 1.54) is 12.1 Å². The molecule has 22 heavy (non-hydrogen) atoms. The molecule has 0 aliphatic carbocycles. The van der Waals surface area contributed by atoms with E-state index >= 15 is 0 Å². The normalized spacial score (nSPS) is 10.5. The molecule has 0 atom stereocenters. The molecule has 0 aliphatic heterocycles. The third kappa shape index (κ3) is 2.47. The van der Waals surface area contributed by atoms with Crippen LogP contribution in [-0.4, -0.2) is 9.78 Å². The van der Waals surface area contributed by atoms with E-state index in [2.05, 4.69) is 5.10 Å². The molecular weight excluding hydrogens is 301 g/mol. The zero-order chi connectivity index (χ0) is 15.7. The van der Waals surface area contributed by atoms with Crippen LogP contribution in [0.5, 0.6) is 0 Å². The predicted octanol–water partition coefficient (Wildman–Crippen LogP) is 4.51. The van der Waals surface area contributed by atoms with Crippen LogP contribution in [0.2, 0.25) is 5.02 Å². The summed E-state index contributed by atoms with van der Waals surface area (Å²) in [5, 5.41) is 13.7. The van der Waals surface area contributed by atoms with Crippen molar-refractivity contribution in [3.63, 3.8) is 0 Å². The van der Waals surface area contributed by atoms with Crippen LogP contribution in [-0.2, 0) is 0 Å². The minimum atomic E-state index is -0.331. The summed E-state index contributed by atoms with van der Waals surface area (Å²) in [5.74, 6) is -0.331. The highest BCUT2D eigenvalue weighted by Crippen LogP contribution is 2.33. The smallest absolute Gasteiger partial charge is 0.182 e. The maximum absolute atomic E-state index is 13.1. The number of rotatable bonds is 2. The molecule has 3 aromatic rings. The summed E-state index contributed by atoms with van der Waals surface area (Å²) < 4.78 is 14.8. The highest BCUT2D eigenvalue weighted by atomic mass is 35.5. The highest BCUT2D eigenvalue weighted by Gasteiger charge is 2.19. The van der Waals surface area contributed by atoms with Gasteiger partial charge in [0.05, 0.1) is 11.4 Å². The molecule has 1 aromatic heterocycles. The zero-order valence-electron chi connectivity index (χ0n) is 11.7. The molecule has 3 nitrogen and oxygen atoms in total. The van der Waals surface area contributed by atoms with Gasteiger partial charge in [0.1, 0.15) is 16.9 Å². The maximum Gasteiger partial charge on any atom is 0.182 e. The van der Waals surface area contributed by atoms with Crippen LogP contribution in [0.15, 0.2) is 48.5 Å². The molecule has 0 aliphatic rings. The molecule has 0 fully saturated rings. The fraction of sp³-hybridized carbons (Fsp3) is 0.0588. The summed E-state index contributed by atoms with van der Waals surface area (Å²) in [6.45, 7) is 1.97. The van der Waals surface area contributed by atoms with Crippen LogP contribution in [0, 0.1) is 24.1 Å². The lowest BCUT2D eigenvalue weighted by Crippen LogP contribution is -1.99. The molecule has 1 heterocycles. The van der Waals surface area contributed by atoms with Crippen LogP contribution in [0.25, 0.3) is 16.9 Å². The van der Waals surface area contributed by atoms with Crippen molar-refractivity contribution < 1.29 is 4.39 Å². The van der Waals surface area contributed by atoms with Gasteiger partial charge in [0, 0.05) is 5.56 Å². The summed E-state index contributed by atoms with van der Waals surface area (Å²) in [5.41, 5.74) is 3.27. The molecule has 0 bridgehead atoms. The third-order valence-corrected chi connectivity index (χ3v) is 3.66. The number of benzene rings is 2. The second kappa shape index (κ2) is 5.63. The van der Waals surface area contributed by atoms with E-state index in [4.69, 9.17) is 11.6 Å². The van der Waals surface area contributed by atoms with Crippen molar-refractivity contribution in [2.24, 2.45) is 0 Å². The largest absolute Gasteiger partial charge is 0.230 e. The Labute approximate surface area is 132 Å². The molecule has 3 rings (SSSR count). The molecule has 0 saturated carbocycles. The van der Waals surface area contributed by atoms with E-state index in [0.717, 1.165) is 11.3 Å². The van der Waals surface area contributed by atoms with Crippen molar-refractivity contribution in [3.8, 4) is 23.0 Å². The second-order valence-electron chi connectivity index (χ2n) is 4.88. The molecule has 0 saturated heterocycles. The molecular formula is C17H11ClFN3. The Kier molecular flexibility index (Phi) is 3.66. The summed E-state index contributed by atoms with van der Waals surface area (Å²) in [7, 11) is 0. The minimum Gasteiger partial charge on any atom is -0.230 e. The van der Waals surface area contributed by atoms with Gasteiger partial charge in [0.2, 0.25) is 0 Å². The topological polar surface area (TPSA) is 41.6 Å². The second-order valence-corrected chi connectivity index (χ2v) is 5.26. The number of hydrogen-bond donors (Lipinski definition) is 0. The first-order chi connectivity index (χ1) is 10.6. The van der Waals surface area contributed by atoms with Crippen molar-refractivity contribution in [1.29, 1.82) is 5.26 Å². The fourth-order valence-electron chi connectivity index (χ4n) is 2.27. The van der Waals surface area contributed by atoms with E-state index in [9.17, 15) is 9.65 Å². The Morgan fingerprint density at radius 3 is 2.55 bits per heavy atom. The summed E-state index contributed by atoms with van der Waals surface area (Å²) in [6, 6.07) is 15.6. The average Bonchev–Trinajstić information content (AvgIpc) is 2.85. The van der Waals surface area contributed by atoms with Crippen LogP contribution < -0.4 is 0 Å². The lowest BCUT2D eigenvalue weighted by molar-refractivity contribution is 0.628. The van der Waals surface area contributed by atoms with Gasteiger partial charge in [0.25, 0.3) is 0 Å². The van der Waals surface area contributed by atoms with Crippen molar-refractivity contribution in [1.82, 2.24) is 9.78 Å². The number of aromatic nitrogens is 2. The van der Waals surface area contributed by atoms with Crippen molar-refractivity contribution in [3.05, 3.63) is 70.6 Å². The SMILES string of the molecule is Cc1cccc(-n2nc(C#N)c(Cl)c2-c2ccc(F)cc2)c1. The summed E-state index contributed by atoms with van der Waals surface area (Å²) in [6.07, 6.45) is 0. The first-order valence-electron chi connectivity index (χ1n) is 6.62.